The van der Waals surface area contributed by atoms with Crippen LogP contribution in [0.4, 0.5) is 0 Å². The Morgan fingerprint density at radius 3 is 2.57 bits per heavy atom. The number of fused-ring (bicyclic) bond motifs is 1. The van der Waals surface area contributed by atoms with Gasteiger partial charge in [-0.25, -0.2) is 0 Å². The molecule has 0 saturated carbocycles. The monoisotopic (exact) mass is 315 g/mol. The molecule has 0 saturated heterocycles. The van der Waals surface area contributed by atoms with Crippen LogP contribution in [0.3, 0.4) is 0 Å². The van der Waals surface area contributed by atoms with Crippen LogP contribution < -0.4 is 4.74 Å². The van der Waals surface area contributed by atoms with Gasteiger partial charge in [0.05, 0.1) is 7.11 Å². The van der Waals surface area contributed by atoms with E-state index in [1.54, 1.807) is 25.3 Å². The van der Waals surface area contributed by atoms with E-state index in [1.807, 2.05) is 6.07 Å². The molecule has 2 aromatic carbocycles. The summed E-state index contributed by atoms with van der Waals surface area (Å²) in [7, 11) is 3.60. The summed E-state index contributed by atoms with van der Waals surface area (Å²) < 4.78 is 5.20. The Morgan fingerprint density at radius 2 is 1.87 bits per heavy atom. The van der Waals surface area contributed by atoms with Crippen molar-refractivity contribution >= 4 is 0 Å². The SMILES string of the molecule is COc1cc2c(cc1O)C(Cc1ccc(O)c(O)c1)N(C)CC2. The average molecular weight is 315 g/mol. The van der Waals surface area contributed by atoms with Crippen LogP contribution in [0.2, 0.25) is 0 Å². The van der Waals surface area contributed by atoms with Gasteiger partial charge in [-0.05, 0) is 60.8 Å². The molecule has 23 heavy (non-hydrogen) atoms. The van der Waals surface area contributed by atoms with E-state index in [2.05, 4.69) is 11.9 Å². The number of aromatic hydroxyl groups is 3. The predicted molar refractivity (Wildman–Crippen MR) is 87.2 cm³/mol. The first-order valence-corrected chi connectivity index (χ1v) is 7.60. The zero-order valence-corrected chi connectivity index (χ0v) is 13.3. The standard InChI is InChI=1S/C18H21NO4/c1-19-6-5-12-9-18(23-2)17(22)10-13(12)14(19)7-11-3-4-15(20)16(21)8-11/h3-4,8-10,14,20-22H,5-7H2,1-2H3. The molecule has 3 rings (SSSR count). The summed E-state index contributed by atoms with van der Waals surface area (Å²) in [6, 6.07) is 8.66. The zero-order valence-electron chi connectivity index (χ0n) is 13.3. The lowest BCUT2D eigenvalue weighted by Crippen LogP contribution is -2.33. The molecule has 1 aliphatic heterocycles. The van der Waals surface area contributed by atoms with Crippen molar-refractivity contribution in [2.45, 2.75) is 18.9 Å². The van der Waals surface area contributed by atoms with Gasteiger partial charge in [0.25, 0.3) is 0 Å². The van der Waals surface area contributed by atoms with E-state index in [-0.39, 0.29) is 23.3 Å². The minimum absolute atomic E-state index is 0.0968. The van der Waals surface area contributed by atoms with Crippen LogP contribution in [-0.2, 0) is 12.8 Å². The lowest BCUT2D eigenvalue weighted by Gasteiger charge is -2.35. The second-order valence-electron chi connectivity index (χ2n) is 6.00. The largest absolute Gasteiger partial charge is 0.504 e. The quantitative estimate of drug-likeness (QED) is 0.759. The lowest BCUT2D eigenvalue weighted by molar-refractivity contribution is 0.228. The van der Waals surface area contributed by atoms with Crippen molar-refractivity contribution in [2.75, 3.05) is 20.7 Å². The molecule has 5 nitrogen and oxygen atoms in total. The maximum absolute atomic E-state index is 10.1. The molecule has 0 spiro atoms. The third kappa shape index (κ3) is 2.92. The highest BCUT2D eigenvalue weighted by atomic mass is 16.5. The molecular formula is C18H21NO4. The molecule has 0 aliphatic carbocycles. The Morgan fingerprint density at radius 1 is 1.09 bits per heavy atom. The topological polar surface area (TPSA) is 73.2 Å². The Hall–Kier alpha value is -2.40. The number of likely N-dealkylation sites (N-methyl/N-ethyl adjacent to an activating group) is 1. The third-order valence-corrected chi connectivity index (χ3v) is 4.53. The van der Waals surface area contributed by atoms with Gasteiger partial charge in [0, 0.05) is 12.6 Å². The number of phenols is 3. The Bertz CT molecular complexity index is 729. The van der Waals surface area contributed by atoms with E-state index in [1.165, 1.54) is 11.6 Å². The fourth-order valence-corrected chi connectivity index (χ4v) is 3.19. The summed E-state index contributed by atoms with van der Waals surface area (Å²) in [5.74, 6) is 0.404. The van der Waals surface area contributed by atoms with Crippen LogP contribution >= 0.6 is 0 Å². The summed E-state index contributed by atoms with van der Waals surface area (Å²) in [6.45, 7) is 0.912. The van der Waals surface area contributed by atoms with E-state index < -0.39 is 0 Å². The van der Waals surface area contributed by atoms with Gasteiger partial charge in [-0.2, -0.15) is 0 Å². The summed E-state index contributed by atoms with van der Waals surface area (Å²) >= 11 is 0. The molecule has 0 amide bonds. The molecule has 1 aliphatic rings. The van der Waals surface area contributed by atoms with E-state index in [0.717, 1.165) is 24.1 Å². The Labute approximate surface area is 135 Å². The summed E-state index contributed by atoms with van der Waals surface area (Å²) in [6.07, 6.45) is 1.59. The highest BCUT2D eigenvalue weighted by Crippen LogP contribution is 2.39. The number of nitrogens with zero attached hydrogens (tertiary/aromatic N) is 1. The van der Waals surface area contributed by atoms with Gasteiger partial charge in [0.1, 0.15) is 0 Å². The molecule has 0 fully saturated rings. The predicted octanol–water partition coefficient (Wildman–Crippen LogP) is 2.58. The molecule has 3 N–H and O–H groups in total. The van der Waals surface area contributed by atoms with Crippen molar-refractivity contribution in [1.29, 1.82) is 0 Å². The molecule has 1 heterocycles. The molecule has 0 radical (unpaired) electrons. The maximum Gasteiger partial charge on any atom is 0.160 e. The fraction of sp³-hybridized carbons (Fsp3) is 0.333. The third-order valence-electron chi connectivity index (χ3n) is 4.53. The van der Waals surface area contributed by atoms with E-state index >= 15 is 0 Å². The number of methoxy groups -OCH3 is 1. The van der Waals surface area contributed by atoms with Crippen LogP contribution in [0.15, 0.2) is 30.3 Å². The second-order valence-corrected chi connectivity index (χ2v) is 6.00. The van der Waals surface area contributed by atoms with Gasteiger partial charge < -0.3 is 20.1 Å². The molecule has 1 unspecified atom stereocenters. The van der Waals surface area contributed by atoms with E-state index in [9.17, 15) is 15.3 Å². The van der Waals surface area contributed by atoms with Crippen LogP contribution in [0.25, 0.3) is 0 Å². The molecule has 1 atom stereocenters. The van der Waals surface area contributed by atoms with Gasteiger partial charge >= 0.3 is 0 Å². The minimum atomic E-state index is -0.117. The molecule has 0 bridgehead atoms. The second kappa shape index (κ2) is 6.01. The van der Waals surface area contributed by atoms with Crippen molar-refractivity contribution in [3.8, 4) is 23.0 Å². The summed E-state index contributed by atoms with van der Waals surface area (Å²) in [5.41, 5.74) is 3.18. The van der Waals surface area contributed by atoms with Crippen molar-refractivity contribution < 1.29 is 20.1 Å². The van der Waals surface area contributed by atoms with Gasteiger partial charge in [-0.15, -0.1) is 0 Å². The van der Waals surface area contributed by atoms with Gasteiger partial charge in [0.15, 0.2) is 23.0 Å². The van der Waals surface area contributed by atoms with E-state index in [4.69, 9.17) is 4.74 Å². The van der Waals surface area contributed by atoms with Crippen LogP contribution in [-0.4, -0.2) is 40.9 Å². The summed E-state index contributed by atoms with van der Waals surface area (Å²) in [5, 5.41) is 29.2. The molecule has 5 heteroatoms. The van der Waals surface area contributed by atoms with Crippen molar-refractivity contribution in [3.63, 3.8) is 0 Å². The molecular weight excluding hydrogens is 294 g/mol. The normalized spacial score (nSPS) is 17.7. The Kier molecular flexibility index (Phi) is 4.05. The summed E-state index contributed by atoms with van der Waals surface area (Å²) in [4.78, 5) is 2.23. The maximum atomic E-state index is 10.1. The highest BCUT2D eigenvalue weighted by Gasteiger charge is 2.26. The Balaban J connectivity index is 1.96. The smallest absolute Gasteiger partial charge is 0.160 e. The zero-order chi connectivity index (χ0) is 16.6. The lowest BCUT2D eigenvalue weighted by atomic mass is 9.88. The van der Waals surface area contributed by atoms with Crippen molar-refractivity contribution in [3.05, 3.63) is 47.0 Å². The number of phenolic OH excluding ortho intramolecular Hbond substituents is 3. The van der Waals surface area contributed by atoms with Gasteiger partial charge in [-0.1, -0.05) is 6.07 Å². The molecule has 122 valence electrons. The molecule has 0 aromatic heterocycles. The number of hydrogen-bond acceptors (Lipinski definition) is 5. The van der Waals surface area contributed by atoms with E-state index in [0.29, 0.717) is 12.2 Å². The van der Waals surface area contributed by atoms with Crippen LogP contribution in [0.1, 0.15) is 22.7 Å². The van der Waals surface area contributed by atoms with Crippen LogP contribution in [0.5, 0.6) is 23.0 Å². The first-order chi connectivity index (χ1) is 11.0. The van der Waals surface area contributed by atoms with Crippen molar-refractivity contribution in [2.24, 2.45) is 0 Å². The number of benzene rings is 2. The number of ether oxygens (including phenoxy) is 1. The van der Waals surface area contributed by atoms with Gasteiger partial charge in [-0.3, -0.25) is 4.90 Å². The number of rotatable bonds is 3. The van der Waals surface area contributed by atoms with Crippen molar-refractivity contribution in [1.82, 2.24) is 4.90 Å². The average Bonchev–Trinajstić information content (AvgIpc) is 2.53. The van der Waals surface area contributed by atoms with Crippen LogP contribution in [0, 0.1) is 0 Å². The minimum Gasteiger partial charge on any atom is -0.504 e. The van der Waals surface area contributed by atoms with Gasteiger partial charge in [0.2, 0.25) is 0 Å². The highest BCUT2D eigenvalue weighted by molar-refractivity contribution is 5.49. The fourth-order valence-electron chi connectivity index (χ4n) is 3.19. The first kappa shape index (κ1) is 15.5. The number of hydrogen-bond donors (Lipinski definition) is 3. The molecule has 2 aromatic rings. The first-order valence-electron chi connectivity index (χ1n) is 7.60.